The zero-order chi connectivity index (χ0) is 10.3. The smallest absolute Gasteiger partial charge is 0.137 e. The molecule has 2 heterocycles. The normalized spacial score (nSPS) is 18.2. The third-order valence-corrected chi connectivity index (χ3v) is 3.24. The summed E-state index contributed by atoms with van der Waals surface area (Å²) in [6.45, 7) is 0.592. The van der Waals surface area contributed by atoms with E-state index in [4.69, 9.17) is 10.7 Å². The highest BCUT2D eigenvalue weighted by molar-refractivity contribution is 5.81. The fourth-order valence-electron chi connectivity index (χ4n) is 2.20. The van der Waals surface area contributed by atoms with Crippen LogP contribution < -0.4 is 5.90 Å². The number of nitrogens with zero attached hydrogens (tertiary/aromatic N) is 1. The minimum atomic E-state index is 0.135. The molecule has 2 aromatic rings. The Kier molecular flexibility index (Phi) is 1.81. The standard InChI is InChI=1S/C11H13N3O/c12-15-7-11(3-4-11)9-6-14-10-8(9)2-1-5-13-10/h1-2,5-6H,3-4,7,12H2,(H,13,14). The van der Waals surface area contributed by atoms with Crippen molar-refractivity contribution in [1.29, 1.82) is 0 Å². The second kappa shape index (κ2) is 3.05. The maximum Gasteiger partial charge on any atom is 0.137 e. The van der Waals surface area contributed by atoms with Crippen molar-refractivity contribution in [1.82, 2.24) is 9.97 Å². The fraction of sp³-hybridized carbons (Fsp3) is 0.364. The number of rotatable bonds is 3. The molecule has 1 aliphatic rings. The van der Waals surface area contributed by atoms with Crippen molar-refractivity contribution in [3.8, 4) is 0 Å². The molecular weight excluding hydrogens is 190 g/mol. The van der Waals surface area contributed by atoms with Crippen LogP contribution in [0.25, 0.3) is 11.0 Å². The average Bonchev–Trinajstić information content (AvgIpc) is 2.91. The van der Waals surface area contributed by atoms with E-state index in [0.717, 1.165) is 18.5 Å². The van der Waals surface area contributed by atoms with Crippen molar-refractivity contribution >= 4 is 11.0 Å². The first-order valence-electron chi connectivity index (χ1n) is 5.10. The Labute approximate surface area is 87.4 Å². The first-order chi connectivity index (χ1) is 7.36. The molecule has 0 saturated heterocycles. The maximum absolute atomic E-state index is 5.18. The molecule has 4 nitrogen and oxygen atoms in total. The molecule has 15 heavy (non-hydrogen) atoms. The van der Waals surface area contributed by atoms with Gasteiger partial charge in [-0.1, -0.05) is 0 Å². The Bertz CT molecular complexity index is 487. The molecule has 4 heteroatoms. The third kappa shape index (κ3) is 1.26. The molecule has 0 unspecified atom stereocenters. The molecule has 1 aliphatic carbocycles. The van der Waals surface area contributed by atoms with E-state index in [1.165, 1.54) is 10.9 Å². The van der Waals surface area contributed by atoms with Gasteiger partial charge in [-0.3, -0.25) is 0 Å². The Hall–Kier alpha value is -1.39. The van der Waals surface area contributed by atoms with Crippen molar-refractivity contribution in [3.05, 3.63) is 30.1 Å². The van der Waals surface area contributed by atoms with Gasteiger partial charge in [0.25, 0.3) is 0 Å². The highest BCUT2D eigenvalue weighted by atomic mass is 16.6. The van der Waals surface area contributed by atoms with Crippen molar-refractivity contribution in [2.75, 3.05) is 6.61 Å². The van der Waals surface area contributed by atoms with E-state index in [0.29, 0.717) is 6.61 Å². The molecule has 2 aromatic heterocycles. The van der Waals surface area contributed by atoms with Crippen molar-refractivity contribution < 1.29 is 4.84 Å². The zero-order valence-electron chi connectivity index (χ0n) is 8.36. The summed E-state index contributed by atoms with van der Waals surface area (Å²) in [4.78, 5) is 12.3. The molecule has 0 bridgehead atoms. The number of aromatic amines is 1. The molecule has 78 valence electrons. The second-order valence-corrected chi connectivity index (χ2v) is 4.19. The van der Waals surface area contributed by atoms with Crippen LogP contribution in [0.15, 0.2) is 24.5 Å². The topological polar surface area (TPSA) is 63.9 Å². The van der Waals surface area contributed by atoms with Gasteiger partial charge in [-0.25, -0.2) is 10.9 Å². The van der Waals surface area contributed by atoms with Crippen LogP contribution in [0.5, 0.6) is 0 Å². The lowest BCUT2D eigenvalue weighted by Gasteiger charge is -2.11. The SMILES string of the molecule is NOCC1(c2c[nH]c3ncccc23)CC1. The third-order valence-electron chi connectivity index (χ3n) is 3.24. The Morgan fingerprint density at radius 2 is 2.40 bits per heavy atom. The monoisotopic (exact) mass is 203 g/mol. The largest absolute Gasteiger partial charge is 0.346 e. The molecule has 3 N–H and O–H groups in total. The van der Waals surface area contributed by atoms with Gasteiger partial charge in [-0.05, 0) is 30.5 Å². The van der Waals surface area contributed by atoms with Gasteiger partial charge in [0.15, 0.2) is 0 Å². The number of pyridine rings is 1. The lowest BCUT2D eigenvalue weighted by Crippen LogP contribution is -2.17. The summed E-state index contributed by atoms with van der Waals surface area (Å²) in [7, 11) is 0. The summed E-state index contributed by atoms with van der Waals surface area (Å²) in [5.41, 5.74) is 2.36. The van der Waals surface area contributed by atoms with E-state index >= 15 is 0 Å². The number of fused-ring (bicyclic) bond motifs is 1. The van der Waals surface area contributed by atoms with Crippen LogP contribution in [0.2, 0.25) is 0 Å². The van der Waals surface area contributed by atoms with Gasteiger partial charge in [0, 0.05) is 23.2 Å². The van der Waals surface area contributed by atoms with Gasteiger partial charge >= 0.3 is 0 Å². The van der Waals surface area contributed by atoms with E-state index in [1.807, 2.05) is 12.3 Å². The molecule has 0 amide bonds. The van der Waals surface area contributed by atoms with Crippen molar-refractivity contribution in [2.45, 2.75) is 18.3 Å². The highest BCUT2D eigenvalue weighted by Gasteiger charge is 2.46. The molecule has 0 aromatic carbocycles. The highest BCUT2D eigenvalue weighted by Crippen LogP contribution is 2.50. The van der Waals surface area contributed by atoms with E-state index in [1.54, 1.807) is 6.20 Å². The van der Waals surface area contributed by atoms with E-state index < -0.39 is 0 Å². The van der Waals surface area contributed by atoms with Crippen LogP contribution in [0.4, 0.5) is 0 Å². The van der Waals surface area contributed by atoms with E-state index in [-0.39, 0.29) is 5.41 Å². The van der Waals surface area contributed by atoms with Crippen LogP contribution in [-0.4, -0.2) is 16.6 Å². The number of nitrogens with one attached hydrogen (secondary N) is 1. The van der Waals surface area contributed by atoms with Crippen molar-refractivity contribution in [2.24, 2.45) is 5.90 Å². The molecule has 3 rings (SSSR count). The first kappa shape index (κ1) is 8.88. The van der Waals surface area contributed by atoms with Gasteiger partial charge in [0.2, 0.25) is 0 Å². The summed E-state index contributed by atoms with van der Waals surface area (Å²) in [6.07, 6.45) is 6.11. The Balaban J connectivity index is 2.11. The number of aromatic nitrogens is 2. The molecule has 0 aliphatic heterocycles. The molecular formula is C11H13N3O. The van der Waals surface area contributed by atoms with Gasteiger partial charge in [-0.15, -0.1) is 0 Å². The van der Waals surface area contributed by atoms with E-state index in [9.17, 15) is 0 Å². The molecule has 0 atom stereocenters. The summed E-state index contributed by atoms with van der Waals surface area (Å²) >= 11 is 0. The van der Waals surface area contributed by atoms with Crippen LogP contribution in [-0.2, 0) is 10.3 Å². The lowest BCUT2D eigenvalue weighted by molar-refractivity contribution is 0.116. The summed E-state index contributed by atoms with van der Waals surface area (Å²) < 4.78 is 0. The van der Waals surface area contributed by atoms with Gasteiger partial charge < -0.3 is 9.82 Å². The number of H-pyrrole nitrogens is 1. The average molecular weight is 203 g/mol. The van der Waals surface area contributed by atoms with Gasteiger partial charge in [0.05, 0.1) is 6.61 Å². The van der Waals surface area contributed by atoms with Crippen LogP contribution >= 0.6 is 0 Å². The molecule has 1 saturated carbocycles. The quantitative estimate of drug-likeness (QED) is 0.743. The maximum atomic E-state index is 5.18. The second-order valence-electron chi connectivity index (χ2n) is 4.19. The van der Waals surface area contributed by atoms with Gasteiger partial charge in [0.1, 0.15) is 5.65 Å². The molecule has 0 radical (unpaired) electrons. The van der Waals surface area contributed by atoms with Crippen LogP contribution in [0, 0.1) is 0 Å². The number of hydrogen-bond donors (Lipinski definition) is 2. The number of hydrogen-bond acceptors (Lipinski definition) is 3. The first-order valence-corrected chi connectivity index (χ1v) is 5.10. The Morgan fingerprint density at radius 3 is 3.13 bits per heavy atom. The zero-order valence-corrected chi connectivity index (χ0v) is 8.36. The summed E-state index contributed by atoms with van der Waals surface area (Å²) in [5.74, 6) is 5.18. The van der Waals surface area contributed by atoms with Crippen LogP contribution in [0.1, 0.15) is 18.4 Å². The van der Waals surface area contributed by atoms with Gasteiger partial charge in [-0.2, -0.15) is 0 Å². The summed E-state index contributed by atoms with van der Waals surface area (Å²) in [5, 5.41) is 1.19. The lowest BCUT2D eigenvalue weighted by atomic mass is 9.97. The Morgan fingerprint density at radius 1 is 1.53 bits per heavy atom. The predicted octanol–water partition coefficient (Wildman–Crippen LogP) is 1.48. The number of nitrogens with two attached hydrogens (primary N) is 1. The van der Waals surface area contributed by atoms with Crippen LogP contribution in [0.3, 0.4) is 0 Å². The minimum Gasteiger partial charge on any atom is -0.346 e. The minimum absolute atomic E-state index is 0.135. The fourth-order valence-corrected chi connectivity index (χ4v) is 2.20. The summed E-state index contributed by atoms with van der Waals surface area (Å²) in [6, 6.07) is 4.05. The van der Waals surface area contributed by atoms with Crippen molar-refractivity contribution in [3.63, 3.8) is 0 Å². The molecule has 1 fully saturated rings. The predicted molar refractivity (Wildman–Crippen MR) is 57.1 cm³/mol. The van der Waals surface area contributed by atoms with E-state index in [2.05, 4.69) is 16.0 Å². The molecule has 0 spiro atoms.